The summed E-state index contributed by atoms with van der Waals surface area (Å²) in [5.74, 6) is 0. The molecule has 0 N–H and O–H groups in total. The standard InChI is InChI=1S/C9H11.C6H13.C5H11O.C4H10.2CH4.3Y/c1-2-6-9-7-4-3-5-8-9;2*1-3-5-6-4-2;1-3-4-2;;;;;/h4-5,7-8H,2,6H2,1H3;1,3-6H2,2H3;2-5H2,1H3;3-4H2,1-2H3;2*1H4;;;/q3*-1;;;;;;. The second-order valence-corrected chi connectivity index (χ2v) is 5.83. The van der Waals surface area contributed by atoms with Crippen molar-refractivity contribution < 1.29 is 103 Å². The zero-order valence-corrected chi connectivity index (χ0v) is 28.2. The van der Waals surface area contributed by atoms with Crippen LogP contribution in [-0.4, -0.2) is 13.2 Å². The van der Waals surface area contributed by atoms with Crippen molar-refractivity contribution in [2.24, 2.45) is 0 Å². The maximum atomic E-state index is 4.87. The van der Waals surface area contributed by atoms with Crippen LogP contribution >= 0.6 is 0 Å². The van der Waals surface area contributed by atoms with Crippen molar-refractivity contribution in [2.45, 2.75) is 107 Å². The number of hydrogen-bond donors (Lipinski definition) is 0. The zero-order chi connectivity index (χ0) is 19.6. The summed E-state index contributed by atoms with van der Waals surface area (Å²) >= 11 is 0. The Morgan fingerprint density at radius 2 is 1.23 bits per heavy atom. The molecule has 0 atom stereocenters. The number of hydrogen-bond acceptors (Lipinski definition) is 1. The molecule has 0 saturated carbocycles. The van der Waals surface area contributed by atoms with Crippen molar-refractivity contribution in [3.8, 4) is 0 Å². The Morgan fingerprint density at radius 1 is 0.733 bits per heavy atom. The summed E-state index contributed by atoms with van der Waals surface area (Å²) in [5, 5.41) is 0. The van der Waals surface area contributed by atoms with E-state index in [9.17, 15) is 0 Å². The van der Waals surface area contributed by atoms with E-state index in [1.54, 1.807) is 0 Å². The molecule has 1 nitrogen and oxygen atoms in total. The van der Waals surface area contributed by atoms with Gasteiger partial charge < -0.3 is 18.6 Å². The van der Waals surface area contributed by atoms with Gasteiger partial charge in [0.15, 0.2) is 0 Å². The van der Waals surface area contributed by atoms with Crippen molar-refractivity contribution in [1.29, 1.82) is 0 Å². The molecular weight excluding hydrogens is 595 g/mol. The van der Waals surface area contributed by atoms with Crippen LogP contribution in [-0.2, 0) is 109 Å². The summed E-state index contributed by atoms with van der Waals surface area (Å²) in [6.45, 7) is 19.5. The Labute approximate surface area is 269 Å². The SMILES string of the molecule is C.C.CCCC.CCCc1cc[c-]cc1.[CH2-]CCCCC.[CH2-]COCCC.[Y].[Y].[Y]. The summed E-state index contributed by atoms with van der Waals surface area (Å²) < 4.78 is 4.87. The minimum Gasteiger partial charge on any atom is -0.413 e. The van der Waals surface area contributed by atoms with Gasteiger partial charge in [0.05, 0.1) is 0 Å². The van der Waals surface area contributed by atoms with Crippen LogP contribution in [0.3, 0.4) is 0 Å². The van der Waals surface area contributed by atoms with Crippen molar-refractivity contribution in [3.63, 3.8) is 0 Å². The number of ether oxygens (including phenoxy) is 1. The van der Waals surface area contributed by atoms with E-state index in [2.05, 4.69) is 66.7 Å². The average Bonchev–Trinajstić information content (AvgIpc) is 2.67. The van der Waals surface area contributed by atoms with Gasteiger partial charge in [-0.3, -0.25) is 0 Å². The third kappa shape index (κ3) is 63.2. The third-order valence-corrected chi connectivity index (χ3v) is 3.17. The van der Waals surface area contributed by atoms with Gasteiger partial charge >= 0.3 is 0 Å². The molecule has 0 fully saturated rings. The summed E-state index contributed by atoms with van der Waals surface area (Å²) in [5.41, 5.74) is 1.41. The molecule has 0 aromatic heterocycles. The van der Waals surface area contributed by atoms with Crippen molar-refractivity contribution in [2.75, 3.05) is 13.2 Å². The Kier molecular flexibility index (Phi) is 104. The molecule has 0 unspecified atom stereocenters. The van der Waals surface area contributed by atoms with Crippen LogP contribution in [0.15, 0.2) is 24.3 Å². The van der Waals surface area contributed by atoms with Crippen LogP contribution in [0.2, 0.25) is 0 Å². The molecule has 0 aliphatic rings. The van der Waals surface area contributed by atoms with E-state index in [4.69, 9.17) is 4.74 Å². The Hall–Kier alpha value is 2.49. The Balaban J connectivity index is -0.0000000352. The summed E-state index contributed by atoms with van der Waals surface area (Å²) in [6, 6.07) is 11.1. The fourth-order valence-corrected chi connectivity index (χ4v) is 1.55. The maximum Gasteiger partial charge on any atom is 0.0427 e. The molecule has 30 heavy (non-hydrogen) atoms. The molecule has 4 heteroatoms. The summed E-state index contributed by atoms with van der Waals surface area (Å²) in [7, 11) is 0. The zero-order valence-electron chi connectivity index (χ0n) is 19.6. The third-order valence-electron chi connectivity index (χ3n) is 3.17. The number of benzene rings is 1. The molecule has 1 aromatic carbocycles. The maximum absolute atomic E-state index is 4.87. The van der Waals surface area contributed by atoms with E-state index in [0.29, 0.717) is 6.61 Å². The molecule has 0 heterocycles. The monoisotopic (exact) mass is 648 g/mol. The van der Waals surface area contributed by atoms with Crippen LogP contribution in [0, 0.1) is 19.9 Å². The van der Waals surface area contributed by atoms with Crippen molar-refractivity contribution in [3.05, 3.63) is 49.7 Å². The quantitative estimate of drug-likeness (QED) is 0.192. The predicted molar refractivity (Wildman–Crippen MR) is 129 cm³/mol. The second kappa shape index (κ2) is 57.9. The molecule has 1 aromatic rings. The first-order chi connectivity index (χ1) is 12.2. The minimum atomic E-state index is 0. The van der Waals surface area contributed by atoms with Gasteiger partial charge in [0.1, 0.15) is 0 Å². The van der Waals surface area contributed by atoms with Gasteiger partial charge in [-0.05, 0) is 6.42 Å². The number of aryl methyl sites for hydroxylation is 1. The van der Waals surface area contributed by atoms with E-state index < -0.39 is 0 Å². The summed E-state index contributed by atoms with van der Waals surface area (Å²) in [4.78, 5) is 0. The average molecular weight is 648 g/mol. The van der Waals surface area contributed by atoms with Gasteiger partial charge in [-0.1, -0.05) is 101 Å². The summed E-state index contributed by atoms with van der Waals surface area (Å²) in [6.07, 6.45) is 11.2. The molecule has 0 aliphatic heterocycles. The van der Waals surface area contributed by atoms with Gasteiger partial charge in [-0.2, -0.15) is 42.3 Å². The Bertz CT molecular complexity index is 278. The van der Waals surface area contributed by atoms with Gasteiger partial charge in [0.25, 0.3) is 0 Å². The molecule has 0 bridgehead atoms. The van der Waals surface area contributed by atoms with E-state index in [0.717, 1.165) is 19.4 Å². The van der Waals surface area contributed by atoms with Crippen LogP contribution in [0.5, 0.6) is 0 Å². The largest absolute Gasteiger partial charge is 0.413 e. The fourth-order valence-electron chi connectivity index (χ4n) is 1.55. The molecular formula is C26H53OY3-3. The van der Waals surface area contributed by atoms with Crippen LogP contribution in [0.4, 0.5) is 0 Å². The van der Waals surface area contributed by atoms with E-state index >= 15 is 0 Å². The van der Waals surface area contributed by atoms with Crippen LogP contribution in [0.1, 0.15) is 106 Å². The molecule has 0 amide bonds. The normalized spacial score (nSPS) is 7.43. The molecule has 0 spiro atoms. The van der Waals surface area contributed by atoms with E-state index in [1.807, 2.05) is 12.1 Å². The van der Waals surface area contributed by atoms with Crippen molar-refractivity contribution >= 4 is 0 Å². The Morgan fingerprint density at radius 3 is 1.47 bits per heavy atom. The van der Waals surface area contributed by atoms with Crippen LogP contribution in [0.25, 0.3) is 0 Å². The molecule has 0 saturated heterocycles. The van der Waals surface area contributed by atoms with E-state index in [1.165, 1.54) is 50.5 Å². The van der Waals surface area contributed by atoms with Crippen LogP contribution < -0.4 is 0 Å². The van der Waals surface area contributed by atoms with E-state index in [-0.39, 0.29) is 113 Å². The van der Waals surface area contributed by atoms with Gasteiger partial charge in [0.2, 0.25) is 0 Å². The molecule has 1 rings (SSSR count). The van der Waals surface area contributed by atoms with Gasteiger partial charge in [0, 0.05) is 105 Å². The molecule has 175 valence electrons. The molecule has 0 aliphatic carbocycles. The van der Waals surface area contributed by atoms with Crippen molar-refractivity contribution in [1.82, 2.24) is 0 Å². The fraction of sp³-hybridized carbons (Fsp3) is 0.692. The minimum absolute atomic E-state index is 0. The van der Waals surface area contributed by atoms with Gasteiger partial charge in [-0.25, -0.2) is 0 Å². The predicted octanol–water partition coefficient (Wildman–Crippen LogP) is 9.16. The number of rotatable bonds is 9. The first-order valence-electron chi connectivity index (χ1n) is 10.3. The second-order valence-electron chi connectivity index (χ2n) is 5.83. The van der Waals surface area contributed by atoms with Gasteiger partial charge in [-0.15, -0.1) is 0 Å². The first-order valence-corrected chi connectivity index (χ1v) is 10.3. The number of unbranched alkanes of at least 4 members (excludes halogenated alkanes) is 4. The topological polar surface area (TPSA) is 9.23 Å². The first kappa shape index (κ1) is 53.7. The smallest absolute Gasteiger partial charge is 0.0427 e. The molecule has 3 radical (unpaired) electrons.